The molecule has 1 unspecified atom stereocenters. The molecule has 1 atom stereocenters. The fourth-order valence-electron chi connectivity index (χ4n) is 3.56. The molecule has 2 heterocycles. The van der Waals surface area contributed by atoms with Gasteiger partial charge in [0.05, 0.1) is 19.7 Å². The van der Waals surface area contributed by atoms with Crippen molar-refractivity contribution in [3.05, 3.63) is 41.5 Å². The fraction of sp³-hybridized carbons (Fsp3) is 0.571. The van der Waals surface area contributed by atoms with Crippen LogP contribution in [0.4, 0.5) is 0 Å². The van der Waals surface area contributed by atoms with E-state index in [9.17, 15) is 0 Å². The molecule has 0 radical (unpaired) electrons. The topological polar surface area (TPSA) is 87.8 Å². The molecule has 0 bridgehead atoms. The number of nitrogens with one attached hydrogen (secondary N) is 2. The summed E-state index contributed by atoms with van der Waals surface area (Å²) in [6, 6.07) is 8.61. The van der Waals surface area contributed by atoms with Gasteiger partial charge in [-0.05, 0) is 57.5 Å². The van der Waals surface area contributed by atoms with E-state index in [1.807, 2.05) is 19.1 Å². The Hall–Kier alpha value is -2.61. The minimum absolute atomic E-state index is 0.262. The monoisotopic (exact) mass is 400 g/mol. The van der Waals surface area contributed by atoms with Gasteiger partial charge in [-0.15, -0.1) is 0 Å². The van der Waals surface area contributed by atoms with Crippen LogP contribution >= 0.6 is 0 Å². The van der Waals surface area contributed by atoms with Gasteiger partial charge in [-0.25, -0.2) is 0 Å². The lowest BCUT2D eigenvalue weighted by molar-refractivity contribution is 0.251. The lowest BCUT2D eigenvalue weighted by Crippen LogP contribution is -2.39. The minimum Gasteiger partial charge on any atom is -0.497 e. The first-order valence-corrected chi connectivity index (χ1v) is 10.4. The number of ether oxygens (including phenoxy) is 1. The van der Waals surface area contributed by atoms with Gasteiger partial charge < -0.3 is 19.9 Å². The zero-order valence-corrected chi connectivity index (χ0v) is 17.6. The van der Waals surface area contributed by atoms with Gasteiger partial charge in [0.25, 0.3) is 0 Å². The highest BCUT2D eigenvalue weighted by molar-refractivity contribution is 5.79. The Kier molecular flexibility index (Phi) is 7.86. The van der Waals surface area contributed by atoms with Gasteiger partial charge >= 0.3 is 0 Å². The Morgan fingerprint density at radius 1 is 1.24 bits per heavy atom. The maximum Gasteiger partial charge on any atom is 0.228 e. The molecule has 29 heavy (non-hydrogen) atoms. The van der Waals surface area contributed by atoms with Crippen molar-refractivity contribution in [2.45, 2.75) is 39.2 Å². The van der Waals surface area contributed by atoms with E-state index >= 15 is 0 Å². The van der Waals surface area contributed by atoms with Crippen molar-refractivity contribution in [2.24, 2.45) is 4.99 Å². The molecular formula is C21H32N6O2. The van der Waals surface area contributed by atoms with E-state index in [2.05, 4.69) is 44.7 Å². The molecule has 0 aliphatic carbocycles. The van der Waals surface area contributed by atoms with Crippen LogP contribution in [0.1, 0.15) is 43.1 Å². The lowest BCUT2D eigenvalue weighted by Gasteiger charge is -2.27. The SMILES string of the molecule is CCNC(=NCC(c1ccc(OC)cc1)N1CCCC1)NCCc1nc(C)no1. The zero-order valence-electron chi connectivity index (χ0n) is 17.6. The average Bonchev–Trinajstić information content (AvgIpc) is 3.41. The molecule has 1 aliphatic heterocycles. The summed E-state index contributed by atoms with van der Waals surface area (Å²) >= 11 is 0. The number of benzene rings is 1. The number of aryl methyl sites for hydroxylation is 1. The number of hydrogen-bond donors (Lipinski definition) is 2. The van der Waals surface area contributed by atoms with Crippen LogP contribution in [-0.2, 0) is 6.42 Å². The minimum atomic E-state index is 0.262. The van der Waals surface area contributed by atoms with Gasteiger partial charge in [-0.1, -0.05) is 17.3 Å². The molecular weight excluding hydrogens is 368 g/mol. The van der Waals surface area contributed by atoms with E-state index in [4.69, 9.17) is 14.3 Å². The molecule has 2 N–H and O–H groups in total. The maximum absolute atomic E-state index is 5.31. The largest absolute Gasteiger partial charge is 0.497 e. The second-order valence-corrected chi connectivity index (χ2v) is 7.16. The van der Waals surface area contributed by atoms with Crippen LogP contribution in [0.15, 0.2) is 33.8 Å². The number of aromatic nitrogens is 2. The number of guanidine groups is 1. The summed E-state index contributed by atoms with van der Waals surface area (Å²) in [5.74, 6) is 2.98. The standard InChI is InChI=1S/C21H32N6O2/c1-4-22-21(23-12-11-20-25-16(2)26-29-20)24-15-19(27-13-5-6-14-27)17-7-9-18(28-3)10-8-17/h7-10,19H,4-6,11-15H2,1-3H3,(H2,22,23,24). The van der Waals surface area contributed by atoms with E-state index in [0.29, 0.717) is 31.2 Å². The van der Waals surface area contributed by atoms with E-state index in [1.54, 1.807) is 7.11 Å². The molecule has 158 valence electrons. The van der Waals surface area contributed by atoms with Crippen LogP contribution < -0.4 is 15.4 Å². The number of rotatable bonds is 9. The number of aliphatic imine (C=N–C) groups is 1. The molecule has 1 aliphatic rings. The van der Waals surface area contributed by atoms with Crippen molar-refractivity contribution in [3.63, 3.8) is 0 Å². The van der Waals surface area contributed by atoms with Gasteiger partial charge in [0, 0.05) is 19.5 Å². The molecule has 1 fully saturated rings. The second kappa shape index (κ2) is 10.8. The molecule has 3 rings (SSSR count). The van der Waals surface area contributed by atoms with Crippen molar-refractivity contribution < 1.29 is 9.26 Å². The zero-order chi connectivity index (χ0) is 20.5. The van der Waals surface area contributed by atoms with E-state index in [-0.39, 0.29) is 6.04 Å². The van der Waals surface area contributed by atoms with Crippen LogP contribution in [0.25, 0.3) is 0 Å². The van der Waals surface area contributed by atoms with E-state index < -0.39 is 0 Å². The Labute approximate surface area is 172 Å². The Bertz CT molecular complexity index is 768. The smallest absolute Gasteiger partial charge is 0.228 e. The molecule has 1 aromatic heterocycles. The molecule has 0 amide bonds. The summed E-state index contributed by atoms with van der Waals surface area (Å²) in [6.07, 6.45) is 3.16. The maximum atomic E-state index is 5.31. The van der Waals surface area contributed by atoms with Crippen LogP contribution in [0.5, 0.6) is 5.75 Å². The van der Waals surface area contributed by atoms with Gasteiger partial charge in [-0.2, -0.15) is 4.98 Å². The van der Waals surface area contributed by atoms with Crippen molar-refractivity contribution >= 4 is 5.96 Å². The van der Waals surface area contributed by atoms with Crippen LogP contribution in [0.3, 0.4) is 0 Å². The predicted molar refractivity (Wildman–Crippen MR) is 113 cm³/mol. The highest BCUT2D eigenvalue weighted by atomic mass is 16.5. The summed E-state index contributed by atoms with van der Waals surface area (Å²) in [5.41, 5.74) is 1.27. The van der Waals surface area contributed by atoms with Crippen molar-refractivity contribution in [1.29, 1.82) is 0 Å². The summed E-state index contributed by atoms with van der Waals surface area (Å²) in [6.45, 7) is 8.32. The van der Waals surface area contributed by atoms with Crippen LogP contribution in [0.2, 0.25) is 0 Å². The quantitative estimate of drug-likeness (QED) is 0.493. The highest BCUT2D eigenvalue weighted by Crippen LogP contribution is 2.27. The normalized spacial score (nSPS) is 16.0. The summed E-state index contributed by atoms with van der Waals surface area (Å²) in [7, 11) is 1.70. The first-order valence-electron chi connectivity index (χ1n) is 10.4. The fourth-order valence-corrected chi connectivity index (χ4v) is 3.56. The molecule has 0 saturated carbocycles. The van der Waals surface area contributed by atoms with Crippen molar-refractivity contribution in [2.75, 3.05) is 39.8 Å². The molecule has 1 aromatic carbocycles. The Balaban J connectivity index is 1.64. The first kappa shape index (κ1) is 21.1. The van der Waals surface area contributed by atoms with Crippen LogP contribution in [-0.4, -0.2) is 60.8 Å². The van der Waals surface area contributed by atoms with E-state index in [1.165, 1.54) is 18.4 Å². The summed E-state index contributed by atoms with van der Waals surface area (Å²) in [5, 5.41) is 10.5. The average molecular weight is 401 g/mol. The summed E-state index contributed by atoms with van der Waals surface area (Å²) in [4.78, 5) is 11.6. The molecule has 2 aromatic rings. The predicted octanol–water partition coefficient (Wildman–Crippen LogP) is 2.32. The van der Waals surface area contributed by atoms with Gasteiger partial charge in [0.1, 0.15) is 5.75 Å². The lowest BCUT2D eigenvalue weighted by atomic mass is 10.1. The van der Waals surface area contributed by atoms with Crippen molar-refractivity contribution in [3.8, 4) is 5.75 Å². The molecule has 8 heteroatoms. The van der Waals surface area contributed by atoms with Gasteiger partial charge in [0.15, 0.2) is 11.8 Å². The number of nitrogens with zero attached hydrogens (tertiary/aromatic N) is 4. The van der Waals surface area contributed by atoms with E-state index in [0.717, 1.165) is 31.3 Å². The molecule has 8 nitrogen and oxygen atoms in total. The summed E-state index contributed by atoms with van der Waals surface area (Å²) < 4.78 is 10.5. The highest BCUT2D eigenvalue weighted by Gasteiger charge is 2.23. The number of likely N-dealkylation sites (tertiary alicyclic amines) is 1. The number of hydrogen-bond acceptors (Lipinski definition) is 6. The third kappa shape index (κ3) is 6.19. The van der Waals surface area contributed by atoms with Crippen molar-refractivity contribution in [1.82, 2.24) is 25.7 Å². The first-order chi connectivity index (χ1) is 14.2. The van der Waals surface area contributed by atoms with Crippen LogP contribution in [0, 0.1) is 6.92 Å². The molecule has 0 spiro atoms. The third-order valence-corrected chi connectivity index (χ3v) is 5.05. The third-order valence-electron chi connectivity index (χ3n) is 5.05. The van der Waals surface area contributed by atoms with Gasteiger partial charge in [0.2, 0.25) is 5.89 Å². The Morgan fingerprint density at radius 2 is 2.00 bits per heavy atom. The van der Waals surface area contributed by atoms with Gasteiger partial charge in [-0.3, -0.25) is 9.89 Å². The second-order valence-electron chi connectivity index (χ2n) is 7.16. The molecule has 1 saturated heterocycles. The number of methoxy groups -OCH3 is 1. The Morgan fingerprint density at radius 3 is 2.62 bits per heavy atom.